The number of benzene rings is 1. The van der Waals surface area contributed by atoms with Gasteiger partial charge in [-0.05, 0) is 6.92 Å². The number of halogens is 2. The van der Waals surface area contributed by atoms with Gasteiger partial charge in [0.2, 0.25) is 5.82 Å². The van der Waals surface area contributed by atoms with Gasteiger partial charge in [0.25, 0.3) is 0 Å². The maximum atomic E-state index is 13.4. The molecule has 0 saturated carbocycles. The first-order valence-corrected chi connectivity index (χ1v) is 4.64. The van der Waals surface area contributed by atoms with E-state index >= 15 is 0 Å². The third-order valence-corrected chi connectivity index (χ3v) is 2.28. The van der Waals surface area contributed by atoms with Crippen LogP contribution in [0.25, 0.3) is 5.69 Å². The van der Waals surface area contributed by atoms with Gasteiger partial charge in [-0.1, -0.05) is 0 Å². The van der Waals surface area contributed by atoms with Gasteiger partial charge >= 0.3 is 5.69 Å². The summed E-state index contributed by atoms with van der Waals surface area (Å²) >= 11 is 0. The van der Waals surface area contributed by atoms with Gasteiger partial charge in [0, 0.05) is 24.5 Å². The van der Waals surface area contributed by atoms with Gasteiger partial charge in [-0.25, -0.2) is 9.37 Å². The van der Waals surface area contributed by atoms with Crippen molar-refractivity contribution < 1.29 is 13.7 Å². The van der Waals surface area contributed by atoms with E-state index in [1.807, 2.05) is 0 Å². The van der Waals surface area contributed by atoms with E-state index in [0.29, 0.717) is 11.9 Å². The van der Waals surface area contributed by atoms with Crippen LogP contribution in [0.4, 0.5) is 14.5 Å². The number of hydrogen-bond acceptors (Lipinski definition) is 3. The molecule has 88 valence electrons. The lowest BCUT2D eigenvalue weighted by Crippen LogP contribution is -2.04. The summed E-state index contributed by atoms with van der Waals surface area (Å²) in [7, 11) is 0. The molecule has 0 atom stereocenters. The Labute approximate surface area is 94.5 Å². The topological polar surface area (TPSA) is 61.0 Å². The third-order valence-electron chi connectivity index (χ3n) is 2.28. The highest BCUT2D eigenvalue weighted by Crippen LogP contribution is 2.28. The summed E-state index contributed by atoms with van der Waals surface area (Å²) in [5, 5.41) is 10.8. The number of nitro benzene ring substituents is 1. The van der Waals surface area contributed by atoms with E-state index in [2.05, 4.69) is 4.98 Å². The Balaban J connectivity index is 2.76. The first-order valence-electron chi connectivity index (χ1n) is 4.64. The molecule has 0 bridgehead atoms. The van der Waals surface area contributed by atoms with Crippen LogP contribution in [0.2, 0.25) is 0 Å². The van der Waals surface area contributed by atoms with Crippen LogP contribution in [0.1, 0.15) is 5.82 Å². The van der Waals surface area contributed by atoms with Crippen molar-refractivity contribution >= 4 is 5.69 Å². The zero-order valence-electron chi connectivity index (χ0n) is 8.72. The molecule has 1 heterocycles. The number of imidazole rings is 1. The first kappa shape index (κ1) is 11.2. The smallest absolute Gasteiger partial charge is 0.298 e. The summed E-state index contributed by atoms with van der Waals surface area (Å²) < 4.78 is 27.7. The van der Waals surface area contributed by atoms with Crippen molar-refractivity contribution in [2.45, 2.75) is 6.92 Å². The molecule has 2 aromatic rings. The Hall–Kier alpha value is -2.31. The minimum atomic E-state index is -1.21. The van der Waals surface area contributed by atoms with Crippen LogP contribution in [0, 0.1) is 28.7 Å². The van der Waals surface area contributed by atoms with E-state index < -0.39 is 22.2 Å². The van der Waals surface area contributed by atoms with Crippen molar-refractivity contribution in [3.05, 3.63) is 52.1 Å². The SMILES string of the molecule is Cc1nccn1-c1cc(F)cc(F)c1[N+](=O)[O-]. The second-order valence-electron chi connectivity index (χ2n) is 3.36. The van der Waals surface area contributed by atoms with Gasteiger partial charge in [-0.2, -0.15) is 4.39 Å². The highest BCUT2D eigenvalue weighted by molar-refractivity contribution is 5.54. The summed E-state index contributed by atoms with van der Waals surface area (Å²) in [4.78, 5) is 13.7. The Kier molecular flexibility index (Phi) is 2.58. The Morgan fingerprint density at radius 2 is 2.12 bits per heavy atom. The molecule has 1 aromatic carbocycles. The van der Waals surface area contributed by atoms with Crippen molar-refractivity contribution in [2.75, 3.05) is 0 Å². The number of nitro groups is 1. The van der Waals surface area contributed by atoms with Crippen LogP contribution >= 0.6 is 0 Å². The molecule has 0 N–H and O–H groups in total. The summed E-state index contributed by atoms with van der Waals surface area (Å²) in [5.41, 5.74) is -0.949. The lowest BCUT2D eigenvalue weighted by atomic mass is 10.2. The summed E-state index contributed by atoms with van der Waals surface area (Å²) in [5.74, 6) is -1.69. The Morgan fingerprint density at radius 3 is 2.65 bits per heavy atom. The Morgan fingerprint density at radius 1 is 1.41 bits per heavy atom. The zero-order valence-corrected chi connectivity index (χ0v) is 8.72. The average molecular weight is 239 g/mol. The summed E-state index contributed by atoms with van der Waals surface area (Å²) in [6.07, 6.45) is 2.79. The lowest BCUT2D eigenvalue weighted by Gasteiger charge is -2.06. The fourth-order valence-electron chi connectivity index (χ4n) is 1.55. The Bertz CT molecular complexity index is 595. The second kappa shape index (κ2) is 3.93. The van der Waals surface area contributed by atoms with Crippen molar-refractivity contribution in [3.8, 4) is 5.69 Å². The van der Waals surface area contributed by atoms with Crippen LogP contribution in [0.15, 0.2) is 24.5 Å². The molecule has 1 aromatic heterocycles. The maximum absolute atomic E-state index is 13.4. The molecule has 0 fully saturated rings. The van der Waals surface area contributed by atoms with Crippen LogP contribution in [0.3, 0.4) is 0 Å². The van der Waals surface area contributed by atoms with Crippen molar-refractivity contribution in [1.29, 1.82) is 0 Å². The molecule has 0 aliphatic heterocycles. The number of aromatic nitrogens is 2. The molecule has 0 amide bonds. The fraction of sp³-hybridized carbons (Fsp3) is 0.100. The van der Waals surface area contributed by atoms with Crippen LogP contribution in [0.5, 0.6) is 0 Å². The number of rotatable bonds is 2. The van der Waals surface area contributed by atoms with Gasteiger partial charge in [0.1, 0.15) is 17.3 Å². The van der Waals surface area contributed by atoms with E-state index in [1.54, 1.807) is 6.92 Å². The van der Waals surface area contributed by atoms with Gasteiger partial charge in [-0.3, -0.25) is 14.7 Å². The summed E-state index contributed by atoms with van der Waals surface area (Å²) in [6, 6.07) is 1.38. The molecule has 5 nitrogen and oxygen atoms in total. The zero-order chi connectivity index (χ0) is 12.6. The number of aryl methyl sites for hydroxylation is 1. The molecule has 7 heteroatoms. The molecule has 0 unspecified atom stereocenters. The fourth-order valence-corrected chi connectivity index (χ4v) is 1.55. The van der Waals surface area contributed by atoms with Crippen molar-refractivity contribution in [3.63, 3.8) is 0 Å². The van der Waals surface area contributed by atoms with Gasteiger partial charge in [0.15, 0.2) is 0 Å². The van der Waals surface area contributed by atoms with Crippen molar-refractivity contribution in [1.82, 2.24) is 9.55 Å². The molecule has 0 radical (unpaired) electrons. The number of nitrogens with zero attached hydrogens (tertiary/aromatic N) is 3. The molecular weight excluding hydrogens is 232 g/mol. The van der Waals surface area contributed by atoms with E-state index in [0.717, 1.165) is 6.07 Å². The first-order chi connectivity index (χ1) is 8.00. The predicted molar refractivity (Wildman–Crippen MR) is 54.9 cm³/mol. The molecule has 0 aliphatic carbocycles. The standard InChI is InChI=1S/C10H7F2N3O2/c1-6-13-2-3-14(6)9-5-7(11)4-8(12)10(9)15(16)17/h2-5H,1H3. The molecule has 0 saturated heterocycles. The van der Waals surface area contributed by atoms with Crippen molar-refractivity contribution in [2.24, 2.45) is 0 Å². The van der Waals surface area contributed by atoms with Gasteiger partial charge in [-0.15, -0.1) is 0 Å². The van der Waals surface area contributed by atoms with E-state index in [-0.39, 0.29) is 5.69 Å². The van der Waals surface area contributed by atoms with E-state index in [9.17, 15) is 18.9 Å². The molecule has 0 aliphatic rings. The molecular formula is C10H7F2N3O2. The van der Waals surface area contributed by atoms with E-state index in [4.69, 9.17) is 0 Å². The van der Waals surface area contributed by atoms with Crippen LogP contribution in [-0.4, -0.2) is 14.5 Å². The second-order valence-corrected chi connectivity index (χ2v) is 3.36. The van der Waals surface area contributed by atoms with Gasteiger partial charge in [0.05, 0.1) is 4.92 Å². The normalized spacial score (nSPS) is 10.5. The minimum absolute atomic E-state index is 0.178. The quantitative estimate of drug-likeness (QED) is 0.597. The monoisotopic (exact) mass is 239 g/mol. The van der Waals surface area contributed by atoms with Crippen LogP contribution in [-0.2, 0) is 0 Å². The van der Waals surface area contributed by atoms with Gasteiger partial charge < -0.3 is 0 Å². The third kappa shape index (κ3) is 1.86. The highest BCUT2D eigenvalue weighted by Gasteiger charge is 2.23. The lowest BCUT2D eigenvalue weighted by molar-refractivity contribution is -0.387. The van der Waals surface area contributed by atoms with E-state index in [1.165, 1.54) is 17.0 Å². The summed E-state index contributed by atoms with van der Waals surface area (Å²) in [6.45, 7) is 1.58. The molecule has 0 spiro atoms. The highest BCUT2D eigenvalue weighted by atomic mass is 19.1. The maximum Gasteiger partial charge on any atom is 0.328 e. The van der Waals surface area contributed by atoms with Crippen LogP contribution < -0.4 is 0 Å². The molecule has 17 heavy (non-hydrogen) atoms. The minimum Gasteiger partial charge on any atom is -0.298 e. The predicted octanol–water partition coefficient (Wildman–Crippen LogP) is 2.37. The average Bonchev–Trinajstić information content (AvgIpc) is 2.62. The number of hydrogen-bond donors (Lipinski definition) is 0. The largest absolute Gasteiger partial charge is 0.328 e. The molecule has 2 rings (SSSR count).